The van der Waals surface area contributed by atoms with Crippen molar-refractivity contribution in [3.8, 4) is 17.0 Å². The maximum Gasteiger partial charge on any atom is 0.273 e. The number of aromatic amines is 1. The monoisotopic (exact) mass is 347 g/mol. The lowest BCUT2D eigenvalue weighted by molar-refractivity contribution is 0.0741. The minimum absolute atomic E-state index is 0.0310. The van der Waals surface area contributed by atoms with Crippen LogP contribution in [0.15, 0.2) is 54.6 Å². The Morgan fingerprint density at radius 3 is 2.58 bits per heavy atom. The van der Waals surface area contributed by atoms with Gasteiger partial charge < -0.3 is 10.0 Å². The molecule has 4 rings (SSSR count). The lowest BCUT2D eigenvalue weighted by Crippen LogP contribution is -2.30. The van der Waals surface area contributed by atoms with Gasteiger partial charge in [0.05, 0.1) is 6.04 Å². The number of carbonyl (C=O) groups is 1. The second-order valence-electron chi connectivity index (χ2n) is 6.54. The molecule has 0 unspecified atom stereocenters. The van der Waals surface area contributed by atoms with E-state index >= 15 is 0 Å². The Labute approximate surface area is 152 Å². The van der Waals surface area contributed by atoms with Crippen LogP contribution in [0.4, 0.5) is 0 Å². The van der Waals surface area contributed by atoms with Gasteiger partial charge in [0.1, 0.15) is 17.1 Å². The maximum absolute atomic E-state index is 13.0. The van der Waals surface area contributed by atoms with Crippen LogP contribution in [0.25, 0.3) is 11.3 Å². The van der Waals surface area contributed by atoms with Crippen molar-refractivity contribution in [2.24, 2.45) is 0 Å². The first-order valence-corrected chi connectivity index (χ1v) is 8.95. The standard InChI is InChI=1S/C21H21N3O2/c1-2-3-13-24-20(14-9-5-4-6-10-14)17-18(22-23-19(17)21(24)26)15-11-7-8-12-16(15)25/h4-12,20,25H,2-3,13H2,1H3,(H,22,23)/t20-/m0/s1. The summed E-state index contributed by atoms with van der Waals surface area (Å²) >= 11 is 0. The number of hydrogen-bond acceptors (Lipinski definition) is 3. The Hall–Kier alpha value is -3.08. The van der Waals surface area contributed by atoms with E-state index in [0.29, 0.717) is 23.5 Å². The second kappa shape index (κ2) is 6.67. The molecule has 1 amide bonds. The maximum atomic E-state index is 13.0. The van der Waals surface area contributed by atoms with E-state index < -0.39 is 0 Å². The third kappa shape index (κ3) is 2.56. The molecule has 1 atom stereocenters. The van der Waals surface area contributed by atoms with Crippen LogP contribution in [0, 0.1) is 0 Å². The van der Waals surface area contributed by atoms with Gasteiger partial charge in [-0.25, -0.2) is 0 Å². The molecule has 26 heavy (non-hydrogen) atoms. The van der Waals surface area contributed by atoms with Crippen molar-refractivity contribution in [1.82, 2.24) is 15.1 Å². The molecule has 1 aliphatic rings. The summed E-state index contributed by atoms with van der Waals surface area (Å²) < 4.78 is 0. The summed E-state index contributed by atoms with van der Waals surface area (Å²) in [5.74, 6) is 0.129. The van der Waals surface area contributed by atoms with Gasteiger partial charge in [-0.3, -0.25) is 9.89 Å². The molecule has 0 bridgehead atoms. The van der Waals surface area contributed by atoms with Crippen molar-refractivity contribution in [3.63, 3.8) is 0 Å². The molecule has 0 spiro atoms. The average Bonchev–Trinajstić information content (AvgIpc) is 3.20. The summed E-state index contributed by atoms with van der Waals surface area (Å²) in [6.07, 6.45) is 1.96. The molecule has 2 heterocycles. The van der Waals surface area contributed by atoms with Crippen LogP contribution in [-0.4, -0.2) is 32.7 Å². The molecular formula is C21H21N3O2. The van der Waals surface area contributed by atoms with Crippen LogP contribution in [0.2, 0.25) is 0 Å². The van der Waals surface area contributed by atoms with Gasteiger partial charge in [-0.2, -0.15) is 5.10 Å². The highest BCUT2D eigenvalue weighted by molar-refractivity contribution is 6.00. The smallest absolute Gasteiger partial charge is 0.273 e. The number of aromatic nitrogens is 2. The number of unbranched alkanes of at least 4 members (excludes halogenated alkanes) is 1. The number of phenolic OH excluding ortho intramolecular Hbond substituents is 1. The summed E-state index contributed by atoms with van der Waals surface area (Å²) in [5, 5.41) is 17.6. The average molecular weight is 347 g/mol. The number of benzene rings is 2. The molecule has 3 aromatic rings. The van der Waals surface area contributed by atoms with E-state index in [1.807, 2.05) is 47.4 Å². The number of nitrogens with one attached hydrogen (secondary N) is 1. The third-order valence-electron chi connectivity index (χ3n) is 4.89. The van der Waals surface area contributed by atoms with Crippen LogP contribution in [0.1, 0.15) is 47.4 Å². The molecule has 2 aromatic carbocycles. The molecule has 1 aromatic heterocycles. The van der Waals surface area contributed by atoms with E-state index in [2.05, 4.69) is 17.1 Å². The highest BCUT2D eigenvalue weighted by Crippen LogP contribution is 2.44. The normalized spacial score (nSPS) is 16.1. The van der Waals surface area contributed by atoms with E-state index in [1.165, 1.54) is 0 Å². The molecule has 5 heteroatoms. The number of H-pyrrole nitrogens is 1. The fourth-order valence-corrected chi connectivity index (χ4v) is 3.62. The molecule has 132 valence electrons. The summed E-state index contributed by atoms with van der Waals surface area (Å²) in [6, 6.07) is 16.9. The topological polar surface area (TPSA) is 69.2 Å². The zero-order valence-electron chi connectivity index (χ0n) is 14.6. The predicted molar refractivity (Wildman–Crippen MR) is 99.9 cm³/mol. The summed E-state index contributed by atoms with van der Waals surface area (Å²) in [5.41, 5.74) is 3.69. The van der Waals surface area contributed by atoms with E-state index in [9.17, 15) is 9.90 Å². The van der Waals surface area contributed by atoms with E-state index in [1.54, 1.807) is 12.1 Å². The van der Waals surface area contributed by atoms with Gasteiger partial charge in [-0.1, -0.05) is 55.8 Å². The highest BCUT2D eigenvalue weighted by Gasteiger charge is 2.41. The largest absolute Gasteiger partial charge is 0.507 e. The van der Waals surface area contributed by atoms with Crippen molar-refractivity contribution in [3.05, 3.63) is 71.4 Å². The number of hydrogen-bond donors (Lipinski definition) is 2. The number of carbonyl (C=O) groups excluding carboxylic acids is 1. The Morgan fingerprint density at radius 1 is 1.12 bits per heavy atom. The van der Waals surface area contributed by atoms with Gasteiger partial charge in [-0.05, 0) is 24.1 Å². The Bertz CT molecular complexity index is 933. The van der Waals surface area contributed by atoms with Gasteiger partial charge in [0, 0.05) is 17.7 Å². The molecule has 2 N–H and O–H groups in total. The first-order valence-electron chi connectivity index (χ1n) is 8.95. The summed E-state index contributed by atoms with van der Waals surface area (Å²) in [6.45, 7) is 2.81. The lowest BCUT2D eigenvalue weighted by atomic mass is 9.95. The lowest BCUT2D eigenvalue weighted by Gasteiger charge is -2.26. The predicted octanol–water partition coefficient (Wildman–Crippen LogP) is 4.13. The SMILES string of the molecule is CCCCN1C(=O)c2[nH]nc(-c3ccccc3O)c2[C@@H]1c1ccccc1. The zero-order chi connectivity index (χ0) is 18.1. The fourth-order valence-electron chi connectivity index (χ4n) is 3.62. The molecule has 0 saturated heterocycles. The van der Waals surface area contributed by atoms with Crippen molar-refractivity contribution >= 4 is 5.91 Å². The number of rotatable bonds is 5. The minimum atomic E-state index is -0.196. The third-order valence-corrected chi connectivity index (χ3v) is 4.89. The van der Waals surface area contributed by atoms with Crippen molar-refractivity contribution in [2.75, 3.05) is 6.54 Å². The molecule has 0 saturated carbocycles. The van der Waals surface area contributed by atoms with Crippen LogP contribution in [0.5, 0.6) is 5.75 Å². The number of phenols is 1. The zero-order valence-corrected chi connectivity index (χ0v) is 14.6. The first-order chi connectivity index (χ1) is 12.7. The van der Waals surface area contributed by atoms with Gasteiger partial charge >= 0.3 is 0 Å². The van der Waals surface area contributed by atoms with Gasteiger partial charge in [-0.15, -0.1) is 0 Å². The quantitative estimate of drug-likeness (QED) is 0.729. The minimum Gasteiger partial charge on any atom is -0.507 e. The van der Waals surface area contributed by atoms with Crippen LogP contribution >= 0.6 is 0 Å². The van der Waals surface area contributed by atoms with Crippen LogP contribution in [0.3, 0.4) is 0 Å². The number of fused-ring (bicyclic) bond motifs is 1. The second-order valence-corrected chi connectivity index (χ2v) is 6.54. The Kier molecular flexibility index (Phi) is 4.21. The van der Waals surface area contributed by atoms with Crippen molar-refractivity contribution in [2.45, 2.75) is 25.8 Å². The highest BCUT2D eigenvalue weighted by atomic mass is 16.3. The molecular weight excluding hydrogens is 326 g/mol. The van der Waals surface area contributed by atoms with Crippen LogP contribution < -0.4 is 0 Å². The number of amides is 1. The van der Waals surface area contributed by atoms with E-state index in [-0.39, 0.29) is 17.7 Å². The van der Waals surface area contributed by atoms with E-state index in [0.717, 1.165) is 24.0 Å². The first kappa shape index (κ1) is 16.4. The number of nitrogens with zero attached hydrogens (tertiary/aromatic N) is 2. The van der Waals surface area contributed by atoms with Gasteiger partial charge in [0.25, 0.3) is 5.91 Å². The van der Waals surface area contributed by atoms with Crippen LogP contribution in [-0.2, 0) is 0 Å². The molecule has 1 aliphatic heterocycles. The van der Waals surface area contributed by atoms with E-state index in [4.69, 9.17) is 0 Å². The summed E-state index contributed by atoms with van der Waals surface area (Å²) in [4.78, 5) is 14.9. The Morgan fingerprint density at radius 2 is 1.85 bits per heavy atom. The van der Waals surface area contributed by atoms with Gasteiger partial charge in [0.2, 0.25) is 0 Å². The summed E-state index contributed by atoms with van der Waals surface area (Å²) in [7, 11) is 0. The molecule has 5 nitrogen and oxygen atoms in total. The molecule has 0 aliphatic carbocycles. The fraction of sp³-hybridized carbons (Fsp3) is 0.238. The van der Waals surface area contributed by atoms with Crippen molar-refractivity contribution < 1.29 is 9.90 Å². The van der Waals surface area contributed by atoms with Crippen molar-refractivity contribution in [1.29, 1.82) is 0 Å². The molecule has 0 radical (unpaired) electrons. The number of para-hydroxylation sites is 1. The number of aromatic hydroxyl groups is 1. The van der Waals surface area contributed by atoms with Gasteiger partial charge in [0.15, 0.2) is 0 Å². The Balaban J connectivity index is 1.88. The molecule has 0 fully saturated rings.